The highest BCUT2D eigenvalue weighted by atomic mass is 35.5. The molecule has 4 aromatic carbocycles. The number of rotatable bonds is 12. The van der Waals surface area contributed by atoms with Crippen molar-refractivity contribution in [3.05, 3.63) is 113 Å². The number of hydrogen-bond acceptors (Lipinski definition) is 3. The molecule has 0 spiro atoms. The smallest absolute Gasteiger partial charge is 0.258 e. The van der Waals surface area contributed by atoms with Crippen LogP contribution >= 0.6 is 11.6 Å². The fourth-order valence-electron chi connectivity index (χ4n) is 5.56. The molecule has 6 nitrogen and oxygen atoms in total. The van der Waals surface area contributed by atoms with Gasteiger partial charge in [-0.25, -0.2) is 0 Å². The standard InChI is InChI=1S/C35H36ClN3O3/c1-3-24(2)37-34(41)31(22-25-11-5-4-6-12-25)39(23-26-13-7-16-28(36)21-26)32(40)19-10-20-38-30-18-9-15-27-14-8-17-29(33(27)30)35(38)42/h4-9,11-18,21,24,31H,3,10,19-20,22-23H2,1-2H3,(H,37,41)/t24-,31-/m0/s1. The predicted molar refractivity (Wildman–Crippen MR) is 169 cm³/mol. The molecule has 2 atom stereocenters. The van der Waals surface area contributed by atoms with E-state index in [0.29, 0.717) is 30.0 Å². The van der Waals surface area contributed by atoms with E-state index in [0.717, 1.165) is 34.0 Å². The van der Waals surface area contributed by atoms with Crippen LogP contribution in [0, 0.1) is 0 Å². The van der Waals surface area contributed by atoms with E-state index in [1.165, 1.54) is 0 Å². The van der Waals surface area contributed by atoms with Gasteiger partial charge in [0, 0.05) is 47.9 Å². The number of hydrogen-bond donors (Lipinski definition) is 1. The van der Waals surface area contributed by atoms with Crippen molar-refractivity contribution in [2.24, 2.45) is 0 Å². The van der Waals surface area contributed by atoms with E-state index in [9.17, 15) is 14.4 Å². The number of carbonyl (C=O) groups is 3. The summed E-state index contributed by atoms with van der Waals surface area (Å²) in [6.07, 6.45) is 1.83. The van der Waals surface area contributed by atoms with Gasteiger partial charge in [0.15, 0.2) is 0 Å². The molecule has 216 valence electrons. The SMILES string of the molecule is CC[C@H](C)NC(=O)[C@H](Cc1ccccc1)N(Cc1cccc(Cl)c1)C(=O)CCCN1C(=O)c2cccc3cccc1c23. The molecule has 0 aliphatic carbocycles. The Morgan fingerprint density at radius 3 is 2.38 bits per heavy atom. The first-order chi connectivity index (χ1) is 20.4. The molecule has 5 rings (SSSR count). The topological polar surface area (TPSA) is 69.7 Å². The largest absolute Gasteiger partial charge is 0.352 e. The van der Waals surface area contributed by atoms with Crippen molar-refractivity contribution in [1.82, 2.24) is 10.2 Å². The Labute approximate surface area is 252 Å². The zero-order valence-electron chi connectivity index (χ0n) is 24.1. The van der Waals surface area contributed by atoms with Gasteiger partial charge in [-0.2, -0.15) is 0 Å². The van der Waals surface area contributed by atoms with E-state index in [1.807, 2.05) is 98.8 Å². The molecule has 0 aromatic heterocycles. The minimum Gasteiger partial charge on any atom is -0.352 e. The Hall–Kier alpha value is -4.16. The molecule has 0 saturated heterocycles. The van der Waals surface area contributed by atoms with Gasteiger partial charge in [-0.3, -0.25) is 14.4 Å². The molecule has 1 heterocycles. The summed E-state index contributed by atoms with van der Waals surface area (Å²) in [7, 11) is 0. The molecular weight excluding hydrogens is 546 g/mol. The Kier molecular flexibility index (Phi) is 9.23. The summed E-state index contributed by atoms with van der Waals surface area (Å²) in [5.74, 6) is -0.363. The van der Waals surface area contributed by atoms with Gasteiger partial charge in [-0.15, -0.1) is 0 Å². The van der Waals surface area contributed by atoms with Crippen LogP contribution in [0.2, 0.25) is 5.02 Å². The second-order valence-corrected chi connectivity index (χ2v) is 11.4. The van der Waals surface area contributed by atoms with Crippen LogP contribution in [0.3, 0.4) is 0 Å². The number of nitrogens with one attached hydrogen (secondary N) is 1. The van der Waals surface area contributed by atoms with E-state index in [-0.39, 0.29) is 36.7 Å². The fourth-order valence-corrected chi connectivity index (χ4v) is 5.77. The highest BCUT2D eigenvalue weighted by Crippen LogP contribution is 2.37. The minimum absolute atomic E-state index is 0.0237. The van der Waals surface area contributed by atoms with Gasteiger partial charge in [0.1, 0.15) is 6.04 Å². The normalized spacial score (nSPS) is 13.7. The number of amides is 3. The van der Waals surface area contributed by atoms with Crippen LogP contribution in [0.15, 0.2) is 91.0 Å². The first kappa shape index (κ1) is 29.3. The fraction of sp³-hybridized carbons (Fsp3) is 0.286. The lowest BCUT2D eigenvalue weighted by Crippen LogP contribution is -2.52. The Morgan fingerprint density at radius 1 is 0.929 bits per heavy atom. The summed E-state index contributed by atoms with van der Waals surface area (Å²) in [6, 6.07) is 28.1. The van der Waals surface area contributed by atoms with Crippen molar-refractivity contribution >= 4 is 45.8 Å². The van der Waals surface area contributed by atoms with Crippen LogP contribution in [0.25, 0.3) is 10.8 Å². The van der Waals surface area contributed by atoms with E-state index < -0.39 is 6.04 Å². The minimum atomic E-state index is -0.709. The van der Waals surface area contributed by atoms with Crippen LogP contribution in [-0.2, 0) is 22.6 Å². The molecule has 7 heteroatoms. The van der Waals surface area contributed by atoms with E-state index in [1.54, 1.807) is 15.9 Å². The predicted octanol–water partition coefficient (Wildman–Crippen LogP) is 6.79. The van der Waals surface area contributed by atoms with Crippen molar-refractivity contribution in [3.63, 3.8) is 0 Å². The lowest BCUT2D eigenvalue weighted by Gasteiger charge is -2.32. The van der Waals surface area contributed by atoms with Crippen LogP contribution in [0.4, 0.5) is 5.69 Å². The van der Waals surface area contributed by atoms with Gasteiger partial charge in [0.05, 0.1) is 5.69 Å². The summed E-state index contributed by atoms with van der Waals surface area (Å²) >= 11 is 6.29. The third-order valence-corrected chi connectivity index (χ3v) is 8.17. The molecule has 0 bridgehead atoms. The van der Waals surface area contributed by atoms with Gasteiger partial charge in [-0.1, -0.05) is 85.3 Å². The Morgan fingerprint density at radius 2 is 1.64 bits per heavy atom. The van der Waals surface area contributed by atoms with Crippen LogP contribution < -0.4 is 10.2 Å². The number of anilines is 1. The maximum absolute atomic E-state index is 14.0. The van der Waals surface area contributed by atoms with Gasteiger partial charge in [-0.05, 0) is 60.5 Å². The van der Waals surface area contributed by atoms with Crippen LogP contribution in [0.5, 0.6) is 0 Å². The second kappa shape index (κ2) is 13.2. The lowest BCUT2D eigenvalue weighted by atomic mass is 10.0. The molecular formula is C35H36ClN3O3. The third kappa shape index (κ3) is 6.50. The summed E-state index contributed by atoms with van der Waals surface area (Å²) in [4.78, 5) is 44.4. The zero-order chi connectivity index (χ0) is 29.6. The summed E-state index contributed by atoms with van der Waals surface area (Å²) in [5, 5.41) is 5.66. The average molecular weight is 582 g/mol. The highest BCUT2D eigenvalue weighted by Gasteiger charge is 2.32. The summed E-state index contributed by atoms with van der Waals surface area (Å²) < 4.78 is 0. The number of halogens is 1. The van der Waals surface area contributed by atoms with Crippen LogP contribution in [0.1, 0.15) is 54.6 Å². The molecule has 0 radical (unpaired) electrons. The molecule has 1 aliphatic heterocycles. The highest BCUT2D eigenvalue weighted by molar-refractivity contribution is 6.30. The number of carbonyl (C=O) groups excluding carboxylic acids is 3. The Balaban J connectivity index is 1.38. The number of nitrogens with zero attached hydrogens (tertiary/aromatic N) is 2. The van der Waals surface area contributed by atoms with E-state index >= 15 is 0 Å². The van der Waals surface area contributed by atoms with Gasteiger partial charge in [0.2, 0.25) is 11.8 Å². The van der Waals surface area contributed by atoms with Crippen molar-refractivity contribution in [2.75, 3.05) is 11.4 Å². The molecule has 0 saturated carbocycles. The molecule has 1 aliphatic rings. The number of benzene rings is 4. The summed E-state index contributed by atoms with van der Waals surface area (Å²) in [6.45, 7) is 4.64. The molecule has 4 aromatic rings. The molecule has 0 fully saturated rings. The summed E-state index contributed by atoms with van der Waals surface area (Å²) in [5.41, 5.74) is 3.40. The Bertz CT molecular complexity index is 1580. The second-order valence-electron chi connectivity index (χ2n) is 10.9. The van der Waals surface area contributed by atoms with E-state index in [2.05, 4.69) is 5.32 Å². The molecule has 42 heavy (non-hydrogen) atoms. The maximum Gasteiger partial charge on any atom is 0.258 e. The lowest BCUT2D eigenvalue weighted by molar-refractivity contribution is -0.141. The average Bonchev–Trinajstić information content (AvgIpc) is 3.27. The quantitative estimate of drug-likeness (QED) is 0.200. The van der Waals surface area contributed by atoms with Crippen molar-refractivity contribution in [3.8, 4) is 0 Å². The van der Waals surface area contributed by atoms with Crippen LogP contribution in [-0.4, -0.2) is 41.2 Å². The first-order valence-corrected chi connectivity index (χ1v) is 14.9. The van der Waals surface area contributed by atoms with Crippen molar-refractivity contribution in [2.45, 2.75) is 58.2 Å². The molecule has 1 N–H and O–H groups in total. The third-order valence-electron chi connectivity index (χ3n) is 7.94. The van der Waals surface area contributed by atoms with Crippen molar-refractivity contribution < 1.29 is 14.4 Å². The van der Waals surface area contributed by atoms with Gasteiger partial charge < -0.3 is 15.1 Å². The monoisotopic (exact) mass is 581 g/mol. The molecule has 0 unspecified atom stereocenters. The van der Waals surface area contributed by atoms with Gasteiger partial charge in [0.25, 0.3) is 5.91 Å². The first-order valence-electron chi connectivity index (χ1n) is 14.6. The van der Waals surface area contributed by atoms with Gasteiger partial charge >= 0.3 is 0 Å². The molecule has 3 amide bonds. The van der Waals surface area contributed by atoms with Crippen molar-refractivity contribution in [1.29, 1.82) is 0 Å². The van der Waals surface area contributed by atoms with E-state index in [4.69, 9.17) is 11.6 Å². The maximum atomic E-state index is 14.0. The zero-order valence-corrected chi connectivity index (χ0v) is 24.8.